The summed E-state index contributed by atoms with van der Waals surface area (Å²) in [6.45, 7) is 0. The Kier molecular flexibility index (Phi) is 7.47. The van der Waals surface area contributed by atoms with Gasteiger partial charge in [-0.3, -0.25) is 0 Å². The molecule has 0 amide bonds. The highest BCUT2D eigenvalue weighted by atomic mass is 15.0. The van der Waals surface area contributed by atoms with Gasteiger partial charge in [0.2, 0.25) is 0 Å². The molecule has 262 valence electrons. The van der Waals surface area contributed by atoms with E-state index < -0.39 is 5.41 Å². The monoisotopic (exact) mass is 711 g/mol. The molecule has 0 aliphatic heterocycles. The van der Waals surface area contributed by atoms with E-state index in [0.29, 0.717) is 0 Å². The van der Waals surface area contributed by atoms with Crippen LogP contribution in [0.3, 0.4) is 0 Å². The molecule has 1 aliphatic rings. The second kappa shape index (κ2) is 13.0. The molecule has 0 spiro atoms. The maximum absolute atomic E-state index is 2.46. The normalized spacial score (nSPS) is 12.8. The first-order chi connectivity index (χ1) is 27.8. The summed E-state index contributed by atoms with van der Waals surface area (Å²) in [5.74, 6) is 0. The second-order valence-corrected chi connectivity index (χ2v) is 14.8. The van der Waals surface area contributed by atoms with Crippen LogP contribution >= 0.6 is 0 Å². The molecule has 1 heteroatoms. The number of nitrogens with zero attached hydrogens (tertiary/aromatic N) is 1. The molecule has 1 aromatic heterocycles. The van der Waals surface area contributed by atoms with Crippen LogP contribution in [0.4, 0.5) is 0 Å². The van der Waals surface area contributed by atoms with Gasteiger partial charge < -0.3 is 4.57 Å². The SMILES string of the molecule is c1ccc(C2(c3ccccc3)c3ccccc3-c3cccc(-c4ccc(-n5c6ccccc6c6ccccc6c6ccccc6c6ccccc65)cc4)c32)cc1. The van der Waals surface area contributed by atoms with Crippen molar-refractivity contribution in [3.63, 3.8) is 0 Å². The Morgan fingerprint density at radius 2 is 0.696 bits per heavy atom. The topological polar surface area (TPSA) is 4.93 Å². The third-order valence-electron chi connectivity index (χ3n) is 11.9. The first-order valence-electron chi connectivity index (χ1n) is 19.4. The molecule has 0 saturated carbocycles. The summed E-state index contributed by atoms with van der Waals surface area (Å²) in [5.41, 5.74) is 13.1. The van der Waals surface area contributed by atoms with E-state index in [1.807, 2.05) is 0 Å². The Morgan fingerprint density at radius 3 is 1.25 bits per heavy atom. The number of para-hydroxylation sites is 2. The van der Waals surface area contributed by atoms with E-state index in [4.69, 9.17) is 0 Å². The standard InChI is InChI=1S/C55H37N/c1-3-18-39(19-4-1)55(40-20-5-2-6-21-40)51-31-14-11-26-47(51)50-30-17-29-42(54(50)55)38-34-36-41(37-35-38)56-52-32-15-12-27-48(52)45-24-9-7-22-43(45)44-23-8-10-25-46(44)49-28-13-16-33-53(49)56/h1-37H. The van der Waals surface area contributed by atoms with Gasteiger partial charge in [0.05, 0.1) is 16.4 Å². The highest BCUT2D eigenvalue weighted by Crippen LogP contribution is 2.58. The minimum absolute atomic E-state index is 0.482. The van der Waals surface area contributed by atoms with Gasteiger partial charge in [-0.15, -0.1) is 0 Å². The molecule has 1 heterocycles. The van der Waals surface area contributed by atoms with Crippen molar-refractivity contribution in [3.8, 4) is 27.9 Å². The average molecular weight is 712 g/mol. The van der Waals surface area contributed by atoms with Gasteiger partial charge in [-0.25, -0.2) is 0 Å². The highest BCUT2D eigenvalue weighted by Gasteiger charge is 2.47. The van der Waals surface area contributed by atoms with Crippen LogP contribution in [0.5, 0.6) is 0 Å². The predicted molar refractivity (Wildman–Crippen MR) is 236 cm³/mol. The Hall–Kier alpha value is -7.22. The van der Waals surface area contributed by atoms with Crippen LogP contribution in [0, 0.1) is 0 Å². The summed E-state index contributed by atoms with van der Waals surface area (Å²) in [7, 11) is 0. The molecule has 10 aromatic rings. The summed E-state index contributed by atoms with van der Waals surface area (Å²) in [5, 5.41) is 7.33. The van der Waals surface area contributed by atoms with E-state index in [9.17, 15) is 0 Å². The maximum Gasteiger partial charge on any atom is 0.0719 e. The van der Waals surface area contributed by atoms with Gasteiger partial charge in [0.15, 0.2) is 0 Å². The lowest BCUT2D eigenvalue weighted by atomic mass is 9.66. The zero-order chi connectivity index (χ0) is 37.1. The molecule has 0 bridgehead atoms. The average Bonchev–Trinajstić information content (AvgIpc) is 3.60. The zero-order valence-electron chi connectivity index (χ0n) is 30.8. The van der Waals surface area contributed by atoms with E-state index in [-0.39, 0.29) is 0 Å². The lowest BCUT2D eigenvalue weighted by Gasteiger charge is -2.35. The predicted octanol–water partition coefficient (Wildman–Crippen LogP) is 14.2. The number of aromatic nitrogens is 1. The molecule has 0 fully saturated rings. The molecule has 0 atom stereocenters. The van der Waals surface area contributed by atoms with Crippen molar-refractivity contribution in [2.24, 2.45) is 0 Å². The van der Waals surface area contributed by atoms with Gasteiger partial charge in [0.25, 0.3) is 0 Å². The number of benzene rings is 9. The van der Waals surface area contributed by atoms with Crippen LogP contribution in [-0.4, -0.2) is 4.57 Å². The van der Waals surface area contributed by atoms with Crippen LogP contribution in [0.15, 0.2) is 224 Å². The molecule has 9 aromatic carbocycles. The van der Waals surface area contributed by atoms with Gasteiger partial charge in [-0.05, 0) is 90.3 Å². The molecule has 0 unspecified atom stereocenters. The third-order valence-corrected chi connectivity index (χ3v) is 11.9. The molecule has 11 rings (SSSR count). The Balaban J connectivity index is 1.21. The van der Waals surface area contributed by atoms with Crippen LogP contribution in [-0.2, 0) is 5.41 Å². The van der Waals surface area contributed by atoms with E-state index >= 15 is 0 Å². The van der Waals surface area contributed by atoms with Crippen molar-refractivity contribution >= 4 is 43.4 Å². The van der Waals surface area contributed by atoms with Crippen LogP contribution in [0.1, 0.15) is 22.3 Å². The summed E-state index contributed by atoms with van der Waals surface area (Å²) < 4.78 is 2.46. The smallest absolute Gasteiger partial charge is 0.0719 e. The summed E-state index contributed by atoms with van der Waals surface area (Å²) in [6.07, 6.45) is 0. The summed E-state index contributed by atoms with van der Waals surface area (Å²) in [4.78, 5) is 0. The van der Waals surface area contributed by atoms with Crippen molar-refractivity contribution in [2.75, 3.05) is 0 Å². The first-order valence-corrected chi connectivity index (χ1v) is 19.4. The quantitative estimate of drug-likeness (QED) is 0.171. The van der Waals surface area contributed by atoms with Crippen molar-refractivity contribution in [1.82, 2.24) is 4.57 Å². The Labute approximate surface area is 326 Å². The van der Waals surface area contributed by atoms with Crippen molar-refractivity contribution in [2.45, 2.75) is 5.41 Å². The third kappa shape index (κ3) is 4.74. The molecule has 1 aliphatic carbocycles. The number of hydrogen-bond acceptors (Lipinski definition) is 0. The number of fused-ring (bicyclic) bond motifs is 10. The molecule has 56 heavy (non-hydrogen) atoms. The van der Waals surface area contributed by atoms with E-state index in [1.165, 1.54) is 76.8 Å². The fourth-order valence-corrected chi connectivity index (χ4v) is 9.64. The van der Waals surface area contributed by atoms with Crippen LogP contribution in [0.25, 0.3) is 71.3 Å². The molecule has 1 nitrogen and oxygen atoms in total. The van der Waals surface area contributed by atoms with Crippen molar-refractivity contribution < 1.29 is 0 Å². The fourth-order valence-electron chi connectivity index (χ4n) is 9.64. The molecule has 0 N–H and O–H groups in total. The lowest BCUT2D eigenvalue weighted by molar-refractivity contribution is 0.770. The van der Waals surface area contributed by atoms with Crippen molar-refractivity contribution in [1.29, 1.82) is 0 Å². The van der Waals surface area contributed by atoms with E-state index in [1.54, 1.807) is 0 Å². The first kappa shape index (κ1) is 32.2. The number of hydrogen-bond donors (Lipinski definition) is 0. The largest absolute Gasteiger partial charge is 0.309 e. The maximum atomic E-state index is 2.46. The zero-order valence-corrected chi connectivity index (χ0v) is 30.8. The van der Waals surface area contributed by atoms with Gasteiger partial charge in [-0.2, -0.15) is 0 Å². The fraction of sp³-hybridized carbons (Fsp3) is 0.0182. The highest BCUT2D eigenvalue weighted by molar-refractivity contribution is 6.19. The lowest BCUT2D eigenvalue weighted by Crippen LogP contribution is -2.29. The molecular formula is C55H37N. The van der Waals surface area contributed by atoms with Gasteiger partial charge >= 0.3 is 0 Å². The van der Waals surface area contributed by atoms with Crippen LogP contribution < -0.4 is 0 Å². The molecule has 0 radical (unpaired) electrons. The number of rotatable bonds is 4. The minimum Gasteiger partial charge on any atom is -0.309 e. The van der Waals surface area contributed by atoms with Gasteiger partial charge in [-0.1, -0.05) is 200 Å². The summed E-state index contributed by atoms with van der Waals surface area (Å²) in [6, 6.07) is 82.7. The molecule has 0 saturated heterocycles. The van der Waals surface area contributed by atoms with Gasteiger partial charge in [0, 0.05) is 16.5 Å². The molecular weight excluding hydrogens is 675 g/mol. The van der Waals surface area contributed by atoms with E-state index in [0.717, 1.165) is 16.7 Å². The van der Waals surface area contributed by atoms with Crippen molar-refractivity contribution in [3.05, 3.63) is 247 Å². The second-order valence-electron chi connectivity index (χ2n) is 14.8. The Bertz CT molecular complexity index is 3030. The summed E-state index contributed by atoms with van der Waals surface area (Å²) >= 11 is 0. The van der Waals surface area contributed by atoms with Crippen LogP contribution in [0.2, 0.25) is 0 Å². The minimum atomic E-state index is -0.482. The Morgan fingerprint density at radius 1 is 0.286 bits per heavy atom. The van der Waals surface area contributed by atoms with Gasteiger partial charge in [0.1, 0.15) is 0 Å². The van der Waals surface area contributed by atoms with E-state index in [2.05, 4.69) is 229 Å².